The molecule has 5 heteroatoms. The lowest BCUT2D eigenvalue weighted by atomic mass is 9.99. The minimum Gasteiger partial charge on any atom is -0.337 e. The lowest BCUT2D eigenvalue weighted by Crippen LogP contribution is -2.34. The van der Waals surface area contributed by atoms with Gasteiger partial charge in [0, 0.05) is 12.1 Å². The molecular formula is C22H23N3O2. The van der Waals surface area contributed by atoms with Gasteiger partial charge in [-0.3, -0.25) is 4.79 Å². The molecule has 0 radical (unpaired) electrons. The van der Waals surface area contributed by atoms with Crippen molar-refractivity contribution in [3.63, 3.8) is 0 Å². The number of aryl methyl sites for hydroxylation is 1. The summed E-state index contributed by atoms with van der Waals surface area (Å²) in [4.78, 5) is 19.6. The van der Waals surface area contributed by atoms with Crippen LogP contribution in [0.1, 0.15) is 48.7 Å². The van der Waals surface area contributed by atoms with Crippen LogP contribution in [0.2, 0.25) is 0 Å². The van der Waals surface area contributed by atoms with E-state index in [9.17, 15) is 4.79 Å². The molecule has 138 valence electrons. The summed E-state index contributed by atoms with van der Waals surface area (Å²) in [5.41, 5.74) is 3.10. The summed E-state index contributed by atoms with van der Waals surface area (Å²) in [5.74, 6) is 1.02. The van der Waals surface area contributed by atoms with Crippen molar-refractivity contribution in [1.29, 1.82) is 0 Å². The van der Waals surface area contributed by atoms with Crippen molar-refractivity contribution < 1.29 is 9.32 Å². The summed E-state index contributed by atoms with van der Waals surface area (Å²) >= 11 is 0. The SMILES string of the molecule is Cc1cccc(-c2noc([C@@H]3CCCN3C(=O)[C@@H](C)c3ccccc3)n2)c1. The summed E-state index contributed by atoms with van der Waals surface area (Å²) in [6.45, 7) is 4.72. The van der Waals surface area contributed by atoms with Crippen LogP contribution >= 0.6 is 0 Å². The highest BCUT2D eigenvalue weighted by Gasteiger charge is 2.36. The third-order valence-corrected chi connectivity index (χ3v) is 5.21. The number of hydrogen-bond acceptors (Lipinski definition) is 4. The molecule has 2 aromatic carbocycles. The third-order valence-electron chi connectivity index (χ3n) is 5.21. The Morgan fingerprint density at radius 2 is 2.00 bits per heavy atom. The van der Waals surface area contributed by atoms with E-state index >= 15 is 0 Å². The Kier molecular flexibility index (Phi) is 4.75. The molecule has 1 saturated heterocycles. The van der Waals surface area contributed by atoms with E-state index in [1.165, 1.54) is 0 Å². The molecule has 0 unspecified atom stereocenters. The second-order valence-electron chi connectivity index (χ2n) is 7.15. The van der Waals surface area contributed by atoms with E-state index in [1.807, 2.05) is 73.3 Å². The lowest BCUT2D eigenvalue weighted by Gasteiger charge is -2.25. The molecule has 1 aromatic heterocycles. The van der Waals surface area contributed by atoms with Gasteiger partial charge in [-0.2, -0.15) is 4.98 Å². The quantitative estimate of drug-likeness (QED) is 0.686. The Morgan fingerprint density at radius 3 is 2.78 bits per heavy atom. The summed E-state index contributed by atoms with van der Waals surface area (Å²) in [7, 11) is 0. The van der Waals surface area contributed by atoms with Crippen molar-refractivity contribution in [2.24, 2.45) is 0 Å². The van der Waals surface area contributed by atoms with Crippen LogP contribution in [0.3, 0.4) is 0 Å². The van der Waals surface area contributed by atoms with Gasteiger partial charge in [0.05, 0.1) is 5.92 Å². The zero-order chi connectivity index (χ0) is 18.8. The van der Waals surface area contributed by atoms with Crippen molar-refractivity contribution in [2.75, 3.05) is 6.54 Å². The molecule has 2 atom stereocenters. The van der Waals surface area contributed by atoms with Gasteiger partial charge in [-0.25, -0.2) is 0 Å². The monoisotopic (exact) mass is 361 g/mol. The first-order valence-electron chi connectivity index (χ1n) is 9.39. The molecule has 0 N–H and O–H groups in total. The summed E-state index contributed by atoms with van der Waals surface area (Å²) in [6.07, 6.45) is 1.79. The van der Waals surface area contributed by atoms with Crippen LogP contribution in [0.15, 0.2) is 59.1 Å². The Balaban J connectivity index is 1.56. The van der Waals surface area contributed by atoms with Gasteiger partial charge in [0.2, 0.25) is 17.6 Å². The number of carbonyl (C=O) groups excluding carboxylic acids is 1. The number of hydrogen-bond donors (Lipinski definition) is 0. The number of rotatable bonds is 4. The van der Waals surface area contributed by atoms with Gasteiger partial charge >= 0.3 is 0 Å². The van der Waals surface area contributed by atoms with E-state index in [0.29, 0.717) is 11.7 Å². The number of amides is 1. The molecule has 0 bridgehead atoms. The summed E-state index contributed by atoms with van der Waals surface area (Å²) in [6, 6.07) is 17.8. The van der Waals surface area contributed by atoms with Crippen molar-refractivity contribution in [3.8, 4) is 11.4 Å². The molecule has 1 fully saturated rings. The lowest BCUT2D eigenvalue weighted by molar-refractivity contribution is -0.133. The van der Waals surface area contributed by atoms with Gasteiger partial charge < -0.3 is 9.42 Å². The number of aromatic nitrogens is 2. The van der Waals surface area contributed by atoms with Crippen LogP contribution in [0, 0.1) is 6.92 Å². The molecule has 0 saturated carbocycles. The standard InChI is InChI=1S/C22H23N3O2/c1-15-8-6-11-18(14-15)20-23-21(27-24-20)19-12-7-13-25(19)22(26)16(2)17-9-4-3-5-10-17/h3-6,8-11,14,16,19H,7,12-13H2,1-2H3/t16-,19-/m0/s1. The Hall–Kier alpha value is -2.95. The van der Waals surface area contributed by atoms with E-state index in [1.54, 1.807) is 0 Å². The predicted molar refractivity (Wildman–Crippen MR) is 103 cm³/mol. The van der Waals surface area contributed by atoms with E-state index in [-0.39, 0.29) is 17.9 Å². The van der Waals surface area contributed by atoms with Crippen LogP contribution in [-0.2, 0) is 4.79 Å². The Morgan fingerprint density at radius 1 is 1.19 bits per heavy atom. The van der Waals surface area contributed by atoms with Crippen molar-refractivity contribution in [3.05, 3.63) is 71.6 Å². The molecule has 2 heterocycles. The first-order chi connectivity index (χ1) is 13.1. The molecule has 0 spiro atoms. The van der Waals surface area contributed by atoms with Gasteiger partial charge in [0.1, 0.15) is 6.04 Å². The Labute approximate surface area is 159 Å². The fraction of sp³-hybridized carbons (Fsp3) is 0.318. The molecular weight excluding hydrogens is 338 g/mol. The summed E-state index contributed by atoms with van der Waals surface area (Å²) in [5, 5.41) is 4.14. The topological polar surface area (TPSA) is 59.2 Å². The van der Waals surface area contributed by atoms with Crippen molar-refractivity contribution >= 4 is 5.91 Å². The average molecular weight is 361 g/mol. The number of nitrogens with zero attached hydrogens (tertiary/aromatic N) is 3. The second kappa shape index (κ2) is 7.35. The average Bonchev–Trinajstić information content (AvgIpc) is 3.37. The second-order valence-corrected chi connectivity index (χ2v) is 7.15. The fourth-order valence-electron chi connectivity index (χ4n) is 3.69. The molecule has 3 aromatic rings. The Bertz CT molecular complexity index is 935. The first-order valence-corrected chi connectivity index (χ1v) is 9.39. The maximum atomic E-state index is 13.1. The number of carbonyl (C=O) groups is 1. The van der Waals surface area contributed by atoms with Crippen LogP contribution < -0.4 is 0 Å². The highest BCUT2D eigenvalue weighted by atomic mass is 16.5. The largest absolute Gasteiger partial charge is 0.337 e. The van der Waals surface area contributed by atoms with Crippen molar-refractivity contribution in [2.45, 2.75) is 38.6 Å². The first kappa shape index (κ1) is 17.5. The molecule has 5 nitrogen and oxygen atoms in total. The number of benzene rings is 2. The van der Waals surface area contributed by atoms with Crippen LogP contribution in [0.5, 0.6) is 0 Å². The van der Waals surface area contributed by atoms with Crippen LogP contribution in [-0.4, -0.2) is 27.5 Å². The van der Waals surface area contributed by atoms with Gasteiger partial charge in [-0.15, -0.1) is 0 Å². The molecule has 27 heavy (non-hydrogen) atoms. The molecule has 1 amide bonds. The predicted octanol–water partition coefficient (Wildman–Crippen LogP) is 4.51. The fourth-order valence-corrected chi connectivity index (χ4v) is 3.69. The van der Waals surface area contributed by atoms with Crippen molar-refractivity contribution in [1.82, 2.24) is 15.0 Å². The summed E-state index contributed by atoms with van der Waals surface area (Å²) < 4.78 is 5.55. The van der Waals surface area contributed by atoms with E-state index < -0.39 is 0 Å². The molecule has 1 aliphatic heterocycles. The van der Waals surface area contributed by atoms with E-state index in [0.717, 1.165) is 36.1 Å². The zero-order valence-electron chi connectivity index (χ0n) is 15.6. The van der Waals surface area contributed by atoms with Gasteiger partial charge in [0.15, 0.2) is 0 Å². The maximum absolute atomic E-state index is 13.1. The van der Waals surface area contributed by atoms with E-state index in [4.69, 9.17) is 4.52 Å². The highest BCUT2D eigenvalue weighted by Crippen LogP contribution is 2.34. The number of likely N-dealkylation sites (tertiary alicyclic amines) is 1. The molecule has 1 aliphatic rings. The van der Waals surface area contributed by atoms with E-state index in [2.05, 4.69) is 10.1 Å². The minimum atomic E-state index is -0.189. The zero-order valence-corrected chi connectivity index (χ0v) is 15.6. The maximum Gasteiger partial charge on any atom is 0.249 e. The van der Waals surface area contributed by atoms with Crippen LogP contribution in [0.25, 0.3) is 11.4 Å². The van der Waals surface area contributed by atoms with Gasteiger partial charge in [0.25, 0.3) is 0 Å². The van der Waals surface area contributed by atoms with Gasteiger partial charge in [-0.1, -0.05) is 59.3 Å². The van der Waals surface area contributed by atoms with Gasteiger partial charge in [-0.05, 0) is 38.3 Å². The third kappa shape index (κ3) is 3.50. The molecule has 4 rings (SSSR count). The molecule has 0 aliphatic carbocycles. The van der Waals surface area contributed by atoms with Crippen LogP contribution in [0.4, 0.5) is 0 Å². The normalized spacial score (nSPS) is 17.9. The smallest absolute Gasteiger partial charge is 0.249 e. The highest BCUT2D eigenvalue weighted by molar-refractivity contribution is 5.84. The minimum absolute atomic E-state index is 0.110.